The summed E-state index contributed by atoms with van der Waals surface area (Å²) in [6, 6.07) is 6.06. The van der Waals surface area contributed by atoms with Crippen molar-refractivity contribution in [3.8, 4) is 0 Å². The monoisotopic (exact) mass is 309 g/mol. The second-order valence-electron chi connectivity index (χ2n) is 5.23. The summed E-state index contributed by atoms with van der Waals surface area (Å²) in [5, 5.41) is 8.44. The highest BCUT2D eigenvalue weighted by atomic mass is 35.5. The molecule has 2 aromatic rings. The van der Waals surface area contributed by atoms with Crippen molar-refractivity contribution in [1.82, 2.24) is 15.1 Å². The van der Waals surface area contributed by atoms with E-state index >= 15 is 0 Å². The van der Waals surface area contributed by atoms with E-state index in [0.717, 1.165) is 23.0 Å². The van der Waals surface area contributed by atoms with Gasteiger partial charge in [-0.05, 0) is 30.2 Å². The van der Waals surface area contributed by atoms with Crippen LogP contribution in [-0.4, -0.2) is 16.3 Å². The first-order valence-electron chi connectivity index (χ1n) is 6.70. The number of aryl methyl sites for hydroxylation is 1. The Morgan fingerprint density at radius 2 is 2.20 bits per heavy atom. The fourth-order valence-electron chi connectivity index (χ4n) is 1.84. The van der Waals surface area contributed by atoms with Crippen LogP contribution in [0.15, 0.2) is 40.4 Å². The Morgan fingerprint density at radius 3 is 2.85 bits per heavy atom. The van der Waals surface area contributed by atoms with Gasteiger partial charge in [-0.15, -0.1) is 0 Å². The highest BCUT2D eigenvalue weighted by Gasteiger charge is 2.07. The van der Waals surface area contributed by atoms with E-state index in [4.69, 9.17) is 11.6 Å². The topological polar surface area (TPSA) is 29.9 Å². The maximum Gasteiger partial charge on any atom is 0.0629 e. The van der Waals surface area contributed by atoms with Crippen molar-refractivity contribution in [1.29, 1.82) is 0 Å². The summed E-state index contributed by atoms with van der Waals surface area (Å²) < 4.78 is 1.81. The van der Waals surface area contributed by atoms with Gasteiger partial charge in [0.2, 0.25) is 0 Å². The number of nitrogens with zero attached hydrogens (tertiary/aromatic N) is 2. The molecule has 0 unspecified atom stereocenters. The van der Waals surface area contributed by atoms with Gasteiger partial charge in [0.25, 0.3) is 0 Å². The lowest BCUT2D eigenvalue weighted by molar-refractivity contribution is 0.550. The summed E-state index contributed by atoms with van der Waals surface area (Å²) in [6.45, 7) is 6.29. The molecule has 0 radical (unpaired) electrons. The third kappa shape index (κ3) is 4.54. The minimum absolute atomic E-state index is 0.650. The smallest absolute Gasteiger partial charge is 0.0629 e. The predicted octanol–water partition coefficient (Wildman–Crippen LogP) is 3.97. The van der Waals surface area contributed by atoms with Gasteiger partial charge in [0.1, 0.15) is 0 Å². The molecule has 0 fully saturated rings. The average molecular weight is 310 g/mol. The van der Waals surface area contributed by atoms with Crippen molar-refractivity contribution >= 4 is 23.4 Å². The molecule has 0 atom stereocenters. The molecule has 0 aliphatic carbocycles. The first-order chi connectivity index (χ1) is 9.54. The minimum atomic E-state index is 0.650. The number of nitrogens with one attached hydrogen (secondary N) is 1. The van der Waals surface area contributed by atoms with Gasteiger partial charge >= 0.3 is 0 Å². The molecule has 20 heavy (non-hydrogen) atoms. The highest BCUT2D eigenvalue weighted by Crippen LogP contribution is 2.32. The summed E-state index contributed by atoms with van der Waals surface area (Å²) in [7, 11) is 1.92. The van der Waals surface area contributed by atoms with Crippen molar-refractivity contribution < 1.29 is 0 Å². The Kier molecular flexibility index (Phi) is 5.52. The molecule has 0 saturated heterocycles. The number of hydrogen-bond acceptors (Lipinski definition) is 3. The lowest BCUT2D eigenvalue weighted by atomic mass is 10.2. The molecule has 0 aliphatic rings. The van der Waals surface area contributed by atoms with E-state index in [1.807, 2.05) is 36.3 Å². The predicted molar refractivity (Wildman–Crippen MR) is 85.3 cm³/mol. The zero-order valence-corrected chi connectivity index (χ0v) is 13.6. The summed E-state index contributed by atoms with van der Waals surface area (Å²) >= 11 is 7.82. The number of benzene rings is 1. The maximum atomic E-state index is 6.12. The van der Waals surface area contributed by atoms with Crippen molar-refractivity contribution in [3.05, 3.63) is 41.2 Å². The van der Waals surface area contributed by atoms with Crippen LogP contribution in [-0.2, 0) is 13.6 Å². The first kappa shape index (κ1) is 15.4. The van der Waals surface area contributed by atoms with E-state index in [1.165, 1.54) is 10.5 Å². The Morgan fingerprint density at radius 1 is 1.40 bits per heavy atom. The molecule has 1 N–H and O–H groups in total. The zero-order valence-electron chi connectivity index (χ0n) is 12.1. The Labute approximate surface area is 129 Å². The molecule has 0 saturated carbocycles. The van der Waals surface area contributed by atoms with Gasteiger partial charge in [0.05, 0.1) is 11.1 Å². The van der Waals surface area contributed by atoms with Crippen LogP contribution in [0.1, 0.15) is 19.4 Å². The normalized spacial score (nSPS) is 11.2. The fourth-order valence-corrected chi connectivity index (χ4v) is 3.10. The second-order valence-corrected chi connectivity index (χ2v) is 6.78. The van der Waals surface area contributed by atoms with Gasteiger partial charge in [-0.2, -0.15) is 5.10 Å². The fraction of sp³-hybridized carbons (Fsp3) is 0.400. The Hall–Kier alpha value is -0.970. The second kappa shape index (κ2) is 7.16. The number of rotatable bonds is 6. The Balaban J connectivity index is 2.11. The standard InChI is InChI=1S/C15H20ClN3S/c1-11(2)7-17-8-12-4-5-13(16)6-15(12)20-14-9-18-19(3)10-14/h4-6,9-11,17H,7-8H2,1-3H3. The van der Waals surface area contributed by atoms with E-state index in [9.17, 15) is 0 Å². The molecule has 1 heterocycles. The van der Waals surface area contributed by atoms with E-state index in [2.05, 4.69) is 30.3 Å². The molecule has 0 amide bonds. The molecule has 0 bridgehead atoms. The highest BCUT2D eigenvalue weighted by molar-refractivity contribution is 7.99. The maximum absolute atomic E-state index is 6.12. The van der Waals surface area contributed by atoms with Crippen LogP contribution in [0.2, 0.25) is 5.02 Å². The van der Waals surface area contributed by atoms with Gasteiger partial charge in [-0.25, -0.2) is 0 Å². The molecule has 2 rings (SSSR count). The van der Waals surface area contributed by atoms with Crippen molar-refractivity contribution in [3.63, 3.8) is 0 Å². The van der Waals surface area contributed by atoms with Gasteiger partial charge < -0.3 is 5.32 Å². The number of aromatic nitrogens is 2. The first-order valence-corrected chi connectivity index (χ1v) is 7.89. The van der Waals surface area contributed by atoms with Crippen molar-refractivity contribution in [2.45, 2.75) is 30.2 Å². The van der Waals surface area contributed by atoms with E-state index < -0.39 is 0 Å². The van der Waals surface area contributed by atoms with Crippen LogP contribution < -0.4 is 5.32 Å². The van der Waals surface area contributed by atoms with Crippen molar-refractivity contribution in [2.24, 2.45) is 13.0 Å². The third-order valence-corrected chi connectivity index (χ3v) is 4.09. The summed E-state index contributed by atoms with van der Waals surface area (Å²) in [5.74, 6) is 0.650. The van der Waals surface area contributed by atoms with Crippen LogP contribution in [0.4, 0.5) is 0 Å². The quantitative estimate of drug-likeness (QED) is 0.875. The van der Waals surface area contributed by atoms with Gasteiger partial charge in [-0.1, -0.05) is 43.3 Å². The summed E-state index contributed by atoms with van der Waals surface area (Å²) in [6.07, 6.45) is 3.88. The zero-order chi connectivity index (χ0) is 14.5. The number of hydrogen-bond donors (Lipinski definition) is 1. The van der Waals surface area contributed by atoms with Crippen LogP contribution in [0.5, 0.6) is 0 Å². The minimum Gasteiger partial charge on any atom is -0.312 e. The van der Waals surface area contributed by atoms with Crippen LogP contribution in [0, 0.1) is 5.92 Å². The molecular formula is C15H20ClN3S. The molecule has 108 valence electrons. The lowest BCUT2D eigenvalue weighted by Crippen LogP contribution is -2.19. The Bertz CT molecular complexity index is 566. The van der Waals surface area contributed by atoms with E-state index in [-0.39, 0.29) is 0 Å². The molecule has 0 spiro atoms. The molecular weight excluding hydrogens is 290 g/mol. The van der Waals surface area contributed by atoms with Crippen LogP contribution >= 0.6 is 23.4 Å². The van der Waals surface area contributed by atoms with Crippen LogP contribution in [0.25, 0.3) is 0 Å². The SMILES string of the molecule is CC(C)CNCc1ccc(Cl)cc1Sc1cnn(C)c1. The lowest BCUT2D eigenvalue weighted by Gasteiger charge is -2.11. The van der Waals surface area contributed by atoms with E-state index in [0.29, 0.717) is 5.92 Å². The summed E-state index contributed by atoms with van der Waals surface area (Å²) in [4.78, 5) is 2.31. The van der Waals surface area contributed by atoms with Gasteiger partial charge in [0.15, 0.2) is 0 Å². The number of halogens is 1. The third-order valence-electron chi connectivity index (χ3n) is 2.81. The largest absolute Gasteiger partial charge is 0.312 e. The van der Waals surface area contributed by atoms with Gasteiger partial charge in [0, 0.05) is 29.7 Å². The molecule has 3 nitrogen and oxygen atoms in total. The van der Waals surface area contributed by atoms with Gasteiger partial charge in [-0.3, -0.25) is 4.68 Å². The molecule has 0 aliphatic heterocycles. The van der Waals surface area contributed by atoms with Crippen LogP contribution in [0.3, 0.4) is 0 Å². The molecule has 1 aromatic heterocycles. The average Bonchev–Trinajstić information content (AvgIpc) is 2.77. The molecule has 1 aromatic carbocycles. The summed E-state index contributed by atoms with van der Waals surface area (Å²) in [5.41, 5.74) is 1.27. The molecule has 5 heteroatoms. The van der Waals surface area contributed by atoms with E-state index in [1.54, 1.807) is 11.8 Å². The van der Waals surface area contributed by atoms with Crippen molar-refractivity contribution in [2.75, 3.05) is 6.54 Å².